The molecule has 0 radical (unpaired) electrons. The monoisotopic (exact) mass is 571 g/mol. The first-order valence-electron chi connectivity index (χ1n) is 17.8. The molecule has 0 aliphatic heterocycles. The van der Waals surface area contributed by atoms with Gasteiger partial charge in [0.05, 0.1) is 6.54 Å². The Morgan fingerprint density at radius 1 is 0.619 bits per heavy atom. The number of nitrogens with zero attached hydrogens (tertiary/aromatic N) is 2. The van der Waals surface area contributed by atoms with E-state index in [2.05, 4.69) is 109 Å². The van der Waals surface area contributed by atoms with E-state index in [1.54, 1.807) is 0 Å². The average molecular weight is 572 g/mol. The first-order valence-corrected chi connectivity index (χ1v) is 17.8. The van der Waals surface area contributed by atoms with Gasteiger partial charge < -0.3 is 0 Å². The van der Waals surface area contributed by atoms with Crippen molar-refractivity contribution < 1.29 is 4.57 Å². The minimum atomic E-state index is 0.0120. The molecule has 0 N–H and O–H groups in total. The summed E-state index contributed by atoms with van der Waals surface area (Å²) < 4.78 is 5.02. The molecule has 0 saturated carbocycles. The van der Waals surface area contributed by atoms with E-state index in [1.165, 1.54) is 127 Å². The lowest BCUT2D eigenvalue weighted by molar-refractivity contribution is -0.697. The standard InChI is InChI=1S/C40H63N2/c1-4-6-8-10-12-13-14-15-16-17-25-31-39(42-34-33-41(36-42)32-26-18-11-9-7-5-2)40(3,38-29-23-20-24-30-38)35-37-27-21-19-22-28-37/h19-24,27-30,33-34,36,39H,4-18,25-26,31-32,35H2,1-3H3/q+1. The Kier molecular flexibility index (Phi) is 16.7. The van der Waals surface area contributed by atoms with E-state index in [0.717, 1.165) is 13.0 Å². The van der Waals surface area contributed by atoms with E-state index in [9.17, 15) is 0 Å². The predicted molar refractivity (Wildman–Crippen MR) is 182 cm³/mol. The zero-order valence-electron chi connectivity index (χ0n) is 27.6. The molecule has 1 aromatic heterocycles. The van der Waals surface area contributed by atoms with Gasteiger partial charge in [0, 0.05) is 5.41 Å². The van der Waals surface area contributed by atoms with Gasteiger partial charge >= 0.3 is 0 Å². The summed E-state index contributed by atoms with van der Waals surface area (Å²) in [5.74, 6) is 0. The molecule has 2 unspecified atom stereocenters. The van der Waals surface area contributed by atoms with Crippen LogP contribution in [-0.4, -0.2) is 4.57 Å². The highest BCUT2D eigenvalue weighted by molar-refractivity contribution is 5.30. The van der Waals surface area contributed by atoms with Crippen LogP contribution in [0.2, 0.25) is 0 Å². The SMILES string of the molecule is CCCCCCCCCCCCCC(n1cc[n+](CCCCCCCC)c1)C(C)(Cc1ccccc1)c1ccccc1. The van der Waals surface area contributed by atoms with Crippen LogP contribution in [0.1, 0.15) is 154 Å². The topological polar surface area (TPSA) is 8.81 Å². The lowest BCUT2D eigenvalue weighted by Crippen LogP contribution is -2.38. The highest BCUT2D eigenvalue weighted by Gasteiger charge is 2.40. The second-order valence-electron chi connectivity index (χ2n) is 13.2. The molecule has 232 valence electrons. The van der Waals surface area contributed by atoms with Gasteiger partial charge in [-0.15, -0.1) is 0 Å². The second kappa shape index (κ2) is 20.5. The van der Waals surface area contributed by atoms with Crippen molar-refractivity contribution in [1.82, 2.24) is 4.57 Å². The van der Waals surface area contributed by atoms with Crippen molar-refractivity contribution in [1.29, 1.82) is 0 Å². The molecule has 3 rings (SSSR count). The molecule has 0 spiro atoms. The quantitative estimate of drug-likeness (QED) is 0.0747. The summed E-state index contributed by atoms with van der Waals surface area (Å²) >= 11 is 0. The molecule has 2 nitrogen and oxygen atoms in total. The van der Waals surface area contributed by atoms with Crippen LogP contribution in [0.25, 0.3) is 0 Å². The Hall–Kier alpha value is -2.35. The van der Waals surface area contributed by atoms with Crippen molar-refractivity contribution in [2.24, 2.45) is 0 Å². The molecule has 2 aromatic carbocycles. The Balaban J connectivity index is 1.67. The van der Waals surface area contributed by atoms with Crippen LogP contribution in [0, 0.1) is 0 Å². The maximum Gasteiger partial charge on any atom is 0.244 e. The highest BCUT2D eigenvalue weighted by atomic mass is 15.1. The van der Waals surface area contributed by atoms with Gasteiger partial charge in [0.1, 0.15) is 18.4 Å². The summed E-state index contributed by atoms with van der Waals surface area (Å²) in [6.45, 7) is 8.26. The fourth-order valence-corrected chi connectivity index (χ4v) is 6.85. The van der Waals surface area contributed by atoms with Crippen molar-refractivity contribution in [3.05, 3.63) is 90.5 Å². The lowest BCUT2D eigenvalue weighted by Gasteiger charge is -2.37. The second-order valence-corrected chi connectivity index (χ2v) is 13.2. The molecule has 2 atom stereocenters. The van der Waals surface area contributed by atoms with Gasteiger partial charge in [0.15, 0.2) is 0 Å². The van der Waals surface area contributed by atoms with Gasteiger partial charge in [-0.05, 0) is 43.2 Å². The Bertz CT molecular complexity index is 1040. The molecular weight excluding hydrogens is 508 g/mol. The Morgan fingerprint density at radius 2 is 1.12 bits per heavy atom. The highest BCUT2D eigenvalue weighted by Crippen LogP contribution is 2.41. The van der Waals surface area contributed by atoms with E-state index in [-0.39, 0.29) is 5.41 Å². The number of imidazole rings is 1. The predicted octanol–water partition coefficient (Wildman–Crippen LogP) is 11.6. The summed E-state index contributed by atoms with van der Waals surface area (Å²) in [7, 11) is 0. The minimum absolute atomic E-state index is 0.0120. The first-order chi connectivity index (χ1) is 20.7. The number of aryl methyl sites for hydroxylation is 1. The van der Waals surface area contributed by atoms with Crippen LogP contribution in [0.5, 0.6) is 0 Å². The third kappa shape index (κ3) is 12.1. The van der Waals surface area contributed by atoms with Gasteiger partial charge in [0.2, 0.25) is 6.33 Å². The fraction of sp³-hybridized carbons (Fsp3) is 0.625. The molecule has 0 aliphatic carbocycles. The van der Waals surface area contributed by atoms with Crippen molar-refractivity contribution in [3.8, 4) is 0 Å². The summed E-state index contributed by atoms with van der Waals surface area (Å²) in [5.41, 5.74) is 2.90. The average Bonchev–Trinajstić information content (AvgIpc) is 3.48. The van der Waals surface area contributed by atoms with Gasteiger partial charge in [0.25, 0.3) is 0 Å². The van der Waals surface area contributed by atoms with E-state index in [1.807, 2.05) is 0 Å². The van der Waals surface area contributed by atoms with Crippen molar-refractivity contribution >= 4 is 0 Å². The fourth-order valence-electron chi connectivity index (χ4n) is 6.85. The third-order valence-electron chi connectivity index (χ3n) is 9.51. The van der Waals surface area contributed by atoms with Crippen molar-refractivity contribution in [2.45, 2.75) is 161 Å². The molecule has 0 saturated heterocycles. The number of hydrogen-bond acceptors (Lipinski definition) is 0. The summed E-state index contributed by atoms with van der Waals surface area (Å²) in [5, 5.41) is 0. The zero-order chi connectivity index (χ0) is 29.7. The van der Waals surface area contributed by atoms with E-state index < -0.39 is 0 Å². The maximum absolute atomic E-state index is 2.57. The molecule has 0 fully saturated rings. The van der Waals surface area contributed by atoms with Crippen LogP contribution in [0.3, 0.4) is 0 Å². The lowest BCUT2D eigenvalue weighted by atomic mass is 9.70. The summed E-state index contributed by atoms with van der Waals surface area (Å²) in [4.78, 5) is 0. The molecule has 0 bridgehead atoms. The first kappa shape index (κ1) is 34.1. The number of aromatic nitrogens is 2. The molecule has 42 heavy (non-hydrogen) atoms. The number of rotatable bonds is 24. The van der Waals surface area contributed by atoms with Crippen molar-refractivity contribution in [2.75, 3.05) is 0 Å². The molecule has 2 heteroatoms. The van der Waals surface area contributed by atoms with Crippen LogP contribution in [0.4, 0.5) is 0 Å². The van der Waals surface area contributed by atoms with Crippen LogP contribution < -0.4 is 4.57 Å². The van der Waals surface area contributed by atoms with E-state index in [4.69, 9.17) is 0 Å². The molecule has 1 heterocycles. The molecule has 0 amide bonds. The smallest absolute Gasteiger partial charge is 0.237 e. The third-order valence-corrected chi connectivity index (χ3v) is 9.51. The minimum Gasteiger partial charge on any atom is -0.237 e. The Labute approximate surface area is 260 Å². The normalized spacial score (nSPS) is 13.7. The number of benzene rings is 2. The van der Waals surface area contributed by atoms with Crippen LogP contribution in [0.15, 0.2) is 79.4 Å². The maximum atomic E-state index is 2.57. The van der Waals surface area contributed by atoms with Gasteiger partial charge in [-0.3, -0.25) is 0 Å². The van der Waals surface area contributed by atoms with E-state index >= 15 is 0 Å². The Morgan fingerprint density at radius 3 is 1.69 bits per heavy atom. The summed E-state index contributed by atoms with van der Waals surface area (Å²) in [6.07, 6.45) is 32.8. The number of unbranched alkanes of at least 4 members (excludes halogenated alkanes) is 15. The van der Waals surface area contributed by atoms with E-state index in [0.29, 0.717) is 6.04 Å². The van der Waals surface area contributed by atoms with Gasteiger partial charge in [-0.25, -0.2) is 9.13 Å². The molecule has 0 aliphatic rings. The van der Waals surface area contributed by atoms with Gasteiger partial charge in [-0.2, -0.15) is 0 Å². The molecular formula is C40H63N2+. The van der Waals surface area contributed by atoms with Crippen LogP contribution >= 0.6 is 0 Å². The zero-order valence-corrected chi connectivity index (χ0v) is 27.6. The van der Waals surface area contributed by atoms with Gasteiger partial charge in [-0.1, -0.05) is 171 Å². The summed E-state index contributed by atoms with van der Waals surface area (Å²) in [6, 6.07) is 22.9. The molecule has 3 aromatic rings. The number of hydrogen-bond donors (Lipinski definition) is 0. The van der Waals surface area contributed by atoms with Crippen molar-refractivity contribution in [3.63, 3.8) is 0 Å². The van der Waals surface area contributed by atoms with Crippen LogP contribution in [-0.2, 0) is 18.4 Å². The largest absolute Gasteiger partial charge is 0.244 e.